The maximum absolute atomic E-state index is 11.2. The van der Waals surface area contributed by atoms with Crippen LogP contribution in [0.3, 0.4) is 0 Å². The first kappa shape index (κ1) is 46.4. The topological polar surface area (TPSA) is 59.1 Å². The van der Waals surface area contributed by atoms with Crippen molar-refractivity contribution >= 4 is 36.8 Å². The Labute approximate surface area is 261 Å². The highest BCUT2D eigenvalue weighted by Gasteiger charge is 2.04. The molecule has 0 aliphatic carbocycles. The van der Waals surface area contributed by atoms with Crippen molar-refractivity contribution in [3.63, 3.8) is 0 Å². The molecule has 0 aromatic rings. The minimum atomic E-state index is -0.110. The Morgan fingerprint density at radius 1 is 0.425 bits per heavy atom. The molecule has 0 saturated carbocycles. The van der Waals surface area contributed by atoms with Gasteiger partial charge in [-0.25, -0.2) is 0 Å². The second-order valence-electron chi connectivity index (χ2n) is 11.3. The van der Waals surface area contributed by atoms with Crippen LogP contribution in [0.15, 0.2) is 0 Å². The highest BCUT2D eigenvalue weighted by Crippen LogP contribution is 2.11. The van der Waals surface area contributed by atoms with Crippen molar-refractivity contribution in [2.45, 2.75) is 142 Å². The van der Waals surface area contributed by atoms with Crippen molar-refractivity contribution in [3.05, 3.63) is 0 Å². The molecule has 0 heterocycles. The van der Waals surface area contributed by atoms with Crippen molar-refractivity contribution in [1.82, 2.24) is 9.80 Å². The third-order valence-electron chi connectivity index (χ3n) is 6.41. The first-order valence-electron chi connectivity index (χ1n) is 15.9. The monoisotopic (exact) mass is 614 g/mol. The molecule has 244 valence electrons. The molecule has 0 unspecified atom stereocenters. The fraction of sp³-hybridized carbons (Fsp3) is 0.938. The van der Waals surface area contributed by atoms with Crippen LogP contribution in [-0.4, -0.2) is 76.2 Å². The minimum Gasteiger partial charge on any atom is -0.465 e. The van der Waals surface area contributed by atoms with Crippen LogP contribution in [0.1, 0.15) is 142 Å². The summed E-state index contributed by atoms with van der Waals surface area (Å²) in [6, 6.07) is 0. The summed E-state index contributed by atoms with van der Waals surface area (Å²) in [5.74, 6) is -0.221. The van der Waals surface area contributed by atoms with Gasteiger partial charge in [-0.15, -0.1) is 24.8 Å². The second kappa shape index (κ2) is 38.4. The van der Waals surface area contributed by atoms with Gasteiger partial charge in [-0.2, -0.15) is 0 Å². The van der Waals surface area contributed by atoms with Gasteiger partial charge in [0.1, 0.15) is 0 Å². The lowest BCUT2D eigenvalue weighted by Crippen LogP contribution is -2.23. The molecule has 0 fully saturated rings. The largest absolute Gasteiger partial charge is 0.465 e. The molecule has 0 rings (SSSR count). The fourth-order valence-corrected chi connectivity index (χ4v) is 4.16. The zero-order chi connectivity index (χ0) is 28.7. The molecule has 0 aromatic heterocycles. The number of halogens is 2. The van der Waals surface area contributed by atoms with Crippen molar-refractivity contribution in [2.24, 2.45) is 0 Å². The van der Waals surface area contributed by atoms with E-state index in [0.717, 1.165) is 12.8 Å². The van der Waals surface area contributed by atoms with Crippen LogP contribution in [0, 0.1) is 0 Å². The van der Waals surface area contributed by atoms with E-state index in [1.807, 2.05) is 38.0 Å². The van der Waals surface area contributed by atoms with Gasteiger partial charge in [-0.1, -0.05) is 129 Å². The van der Waals surface area contributed by atoms with Crippen molar-refractivity contribution in [1.29, 1.82) is 0 Å². The average molecular weight is 616 g/mol. The zero-order valence-electron chi connectivity index (χ0n) is 27.3. The van der Waals surface area contributed by atoms with Gasteiger partial charge in [0.15, 0.2) is 0 Å². The van der Waals surface area contributed by atoms with Crippen LogP contribution in [-0.2, 0) is 19.1 Å². The van der Waals surface area contributed by atoms with Gasteiger partial charge in [0.2, 0.25) is 0 Å². The molecule has 0 spiro atoms. The van der Waals surface area contributed by atoms with Gasteiger partial charge in [0, 0.05) is 0 Å². The molecule has 0 atom stereocenters. The summed E-state index contributed by atoms with van der Waals surface area (Å²) in [5, 5.41) is 0. The first-order chi connectivity index (χ1) is 18.3. The van der Waals surface area contributed by atoms with Gasteiger partial charge in [-0.05, 0) is 41.0 Å². The van der Waals surface area contributed by atoms with Crippen LogP contribution in [0.4, 0.5) is 0 Å². The summed E-state index contributed by atoms with van der Waals surface area (Å²) in [7, 11) is 7.51. The SMILES string of the molecule is CCCCCCCCCCCCOC(=O)CN(C)C.CCCCCCCCCCCCOC(=O)CN(C)C.Cl.Cl. The number of hydrogen-bond donors (Lipinski definition) is 0. The number of nitrogens with zero attached hydrogens (tertiary/aromatic N) is 2. The average Bonchev–Trinajstić information content (AvgIpc) is 2.85. The van der Waals surface area contributed by atoms with Crippen LogP contribution in [0.2, 0.25) is 0 Å². The Morgan fingerprint density at radius 3 is 0.875 bits per heavy atom. The highest BCUT2D eigenvalue weighted by molar-refractivity contribution is 5.85. The first-order valence-corrected chi connectivity index (χ1v) is 15.9. The molecule has 0 radical (unpaired) electrons. The molecule has 0 aromatic carbocycles. The summed E-state index contributed by atoms with van der Waals surface area (Å²) in [6.07, 6.45) is 26.1. The molecule has 0 N–H and O–H groups in total. The van der Waals surface area contributed by atoms with Crippen molar-refractivity contribution in [3.8, 4) is 0 Å². The number of likely N-dealkylation sites (N-methyl/N-ethyl adjacent to an activating group) is 2. The van der Waals surface area contributed by atoms with Crippen molar-refractivity contribution < 1.29 is 19.1 Å². The van der Waals surface area contributed by atoms with E-state index in [1.165, 1.54) is 116 Å². The van der Waals surface area contributed by atoms with Gasteiger partial charge < -0.3 is 9.47 Å². The van der Waals surface area contributed by atoms with Crippen LogP contribution < -0.4 is 0 Å². The molecule has 0 aliphatic rings. The number of ether oxygens (including phenoxy) is 2. The predicted octanol–water partition coefficient (Wildman–Crippen LogP) is 8.87. The molecule has 0 saturated heterocycles. The second-order valence-corrected chi connectivity index (χ2v) is 11.3. The Kier molecular flexibility index (Phi) is 44.6. The van der Waals surface area contributed by atoms with Gasteiger partial charge in [0.05, 0.1) is 26.3 Å². The normalized spacial score (nSPS) is 10.4. The summed E-state index contributed by atoms with van der Waals surface area (Å²) in [4.78, 5) is 26.2. The number of hydrogen-bond acceptors (Lipinski definition) is 6. The Balaban J connectivity index is -0.000000309. The van der Waals surface area contributed by atoms with Crippen LogP contribution in [0.25, 0.3) is 0 Å². The summed E-state index contributed by atoms with van der Waals surface area (Å²) < 4.78 is 10.3. The van der Waals surface area contributed by atoms with E-state index in [2.05, 4.69) is 13.8 Å². The summed E-state index contributed by atoms with van der Waals surface area (Å²) in [5.41, 5.74) is 0. The predicted molar refractivity (Wildman–Crippen MR) is 177 cm³/mol. The molecule has 6 nitrogen and oxygen atoms in total. The highest BCUT2D eigenvalue weighted by atomic mass is 35.5. The third-order valence-corrected chi connectivity index (χ3v) is 6.41. The van der Waals surface area contributed by atoms with Crippen LogP contribution in [0.5, 0.6) is 0 Å². The minimum absolute atomic E-state index is 0. The summed E-state index contributed by atoms with van der Waals surface area (Å²) >= 11 is 0. The smallest absolute Gasteiger partial charge is 0.320 e. The van der Waals surface area contributed by atoms with E-state index in [4.69, 9.17) is 9.47 Å². The van der Waals surface area contributed by atoms with E-state index < -0.39 is 0 Å². The maximum Gasteiger partial charge on any atom is 0.320 e. The lowest BCUT2D eigenvalue weighted by atomic mass is 10.1. The lowest BCUT2D eigenvalue weighted by Gasteiger charge is -2.09. The van der Waals surface area contributed by atoms with Gasteiger partial charge >= 0.3 is 11.9 Å². The van der Waals surface area contributed by atoms with Crippen molar-refractivity contribution in [2.75, 3.05) is 54.5 Å². The van der Waals surface area contributed by atoms with E-state index in [0.29, 0.717) is 26.3 Å². The Hall–Kier alpha value is -0.560. The standard InChI is InChI=1S/2C16H33NO2.2ClH/c2*1-4-5-6-7-8-9-10-11-12-13-14-19-16(18)15-17(2)3;;/h2*4-15H2,1-3H3;2*1H. The molecule has 8 heteroatoms. The summed E-state index contributed by atoms with van der Waals surface area (Å²) in [6.45, 7) is 6.46. The maximum atomic E-state index is 11.2. The number of carbonyl (C=O) groups excluding carboxylic acids is 2. The van der Waals surface area contributed by atoms with Gasteiger partial charge in [-0.3, -0.25) is 19.4 Å². The quantitative estimate of drug-likeness (QED) is 0.0716. The Bertz CT molecular complexity index is 465. The van der Waals surface area contributed by atoms with E-state index in [-0.39, 0.29) is 36.8 Å². The van der Waals surface area contributed by atoms with Gasteiger partial charge in [0.25, 0.3) is 0 Å². The molecule has 0 bridgehead atoms. The molecular weight excluding hydrogens is 547 g/mol. The Morgan fingerprint density at radius 2 is 0.650 bits per heavy atom. The number of esters is 2. The molecule has 0 amide bonds. The number of unbranched alkanes of at least 4 members (excludes halogenated alkanes) is 18. The van der Waals surface area contributed by atoms with E-state index >= 15 is 0 Å². The number of rotatable bonds is 26. The van der Waals surface area contributed by atoms with Crippen LogP contribution >= 0.6 is 24.8 Å². The molecular formula is C32H68Cl2N2O4. The zero-order valence-corrected chi connectivity index (χ0v) is 28.9. The van der Waals surface area contributed by atoms with E-state index in [1.54, 1.807) is 0 Å². The lowest BCUT2D eigenvalue weighted by molar-refractivity contribution is -0.145. The molecule has 0 aliphatic heterocycles. The molecule has 40 heavy (non-hydrogen) atoms. The third kappa shape index (κ3) is 44.5. The fourth-order valence-electron chi connectivity index (χ4n) is 4.16. The number of carbonyl (C=O) groups is 2. The van der Waals surface area contributed by atoms with E-state index in [9.17, 15) is 9.59 Å².